The maximum Gasteiger partial charge on any atom is 0.413 e. The van der Waals surface area contributed by atoms with Crippen LogP contribution in [0.15, 0.2) is 53.9 Å². The standard InChI is InChI=1S/C30H26F5N5O5S/c31-29(32)19-4-2-1-3-17(19)18-9-15(5-6-20(18)29)26(42)38-12-23(41)40-14-28(44-7-8-45-28)11-21(40)27(43)39-24(30(33,34)35)22-10-16(13-46-22)25(36)37/h1-6,9-10,13,21,24H,7-8,11-12,14H2,(H3,36,37)(H,38,42)(H,39,43)/t21-,24-/m0/s1. The second-order valence-electron chi connectivity index (χ2n) is 11.0. The first-order chi connectivity index (χ1) is 21.7. The van der Waals surface area contributed by atoms with Gasteiger partial charge in [-0.3, -0.25) is 19.8 Å². The van der Waals surface area contributed by atoms with Crippen LogP contribution in [0.2, 0.25) is 0 Å². The SMILES string of the molecule is N=C(N)c1csc([C@H](NC(=O)[C@@H]2CC3(CN2C(=O)CNC(=O)c2ccc4c(c2)-c2ccccc2C4(F)F)OCCO3)C(F)(F)F)c1. The van der Waals surface area contributed by atoms with Crippen molar-refractivity contribution in [3.05, 3.63) is 81.0 Å². The summed E-state index contributed by atoms with van der Waals surface area (Å²) in [5, 5.41) is 13.1. The monoisotopic (exact) mass is 663 g/mol. The molecule has 1 aromatic heterocycles. The molecular weight excluding hydrogens is 637 g/mol. The quantitative estimate of drug-likeness (QED) is 0.173. The summed E-state index contributed by atoms with van der Waals surface area (Å²) < 4.78 is 83.3. The Morgan fingerprint density at radius 2 is 1.74 bits per heavy atom. The number of benzene rings is 2. The molecule has 0 unspecified atom stereocenters. The molecule has 0 bridgehead atoms. The lowest BCUT2D eigenvalue weighted by Gasteiger charge is -2.27. The van der Waals surface area contributed by atoms with E-state index >= 15 is 0 Å². The fraction of sp³-hybridized carbons (Fsp3) is 0.333. The van der Waals surface area contributed by atoms with E-state index in [4.69, 9.17) is 20.6 Å². The largest absolute Gasteiger partial charge is 0.413 e. The maximum atomic E-state index is 14.9. The van der Waals surface area contributed by atoms with Gasteiger partial charge in [0.25, 0.3) is 11.8 Å². The number of amides is 3. The van der Waals surface area contributed by atoms with Crippen molar-refractivity contribution < 1.29 is 45.8 Å². The number of hydrogen-bond acceptors (Lipinski definition) is 7. The molecule has 2 aromatic carbocycles. The first-order valence-corrected chi connectivity index (χ1v) is 14.9. The molecule has 3 aromatic rings. The zero-order valence-electron chi connectivity index (χ0n) is 23.8. The molecule has 1 aliphatic carbocycles. The van der Waals surface area contributed by atoms with Crippen LogP contribution in [0.1, 0.15) is 44.4 Å². The van der Waals surface area contributed by atoms with Gasteiger partial charge in [0.2, 0.25) is 11.8 Å². The minimum atomic E-state index is -4.92. The number of carbonyl (C=O) groups excluding carboxylic acids is 3. The number of nitrogen functional groups attached to an aromatic ring is 1. The van der Waals surface area contributed by atoms with E-state index in [2.05, 4.69) is 5.32 Å². The van der Waals surface area contributed by atoms with E-state index in [-0.39, 0.29) is 64.4 Å². The van der Waals surface area contributed by atoms with E-state index in [9.17, 15) is 36.3 Å². The number of amidine groups is 1. The molecule has 0 saturated carbocycles. The van der Waals surface area contributed by atoms with Gasteiger partial charge in [-0.1, -0.05) is 30.3 Å². The first kappa shape index (κ1) is 31.6. The van der Waals surface area contributed by atoms with Gasteiger partial charge >= 0.3 is 6.18 Å². The number of rotatable bonds is 7. The van der Waals surface area contributed by atoms with E-state index < -0.39 is 60.1 Å². The van der Waals surface area contributed by atoms with Crippen molar-refractivity contribution >= 4 is 34.9 Å². The number of fused-ring (bicyclic) bond motifs is 3. The van der Waals surface area contributed by atoms with Crippen molar-refractivity contribution in [2.75, 3.05) is 26.3 Å². The molecule has 242 valence electrons. The lowest BCUT2D eigenvalue weighted by molar-refractivity contribution is -0.164. The summed E-state index contributed by atoms with van der Waals surface area (Å²) in [6, 6.07) is 6.74. The Labute approximate surface area is 262 Å². The molecule has 1 spiro atoms. The highest BCUT2D eigenvalue weighted by molar-refractivity contribution is 7.10. The Morgan fingerprint density at radius 3 is 2.41 bits per heavy atom. The van der Waals surface area contributed by atoms with E-state index in [0.29, 0.717) is 11.3 Å². The Morgan fingerprint density at radius 1 is 1.04 bits per heavy atom. The molecule has 6 rings (SSSR count). The molecule has 2 aliphatic heterocycles. The van der Waals surface area contributed by atoms with Crippen molar-refractivity contribution in [1.29, 1.82) is 5.41 Å². The van der Waals surface area contributed by atoms with Gasteiger partial charge in [0, 0.05) is 38.9 Å². The number of hydrogen-bond donors (Lipinski definition) is 4. The topological polar surface area (TPSA) is 147 Å². The third-order valence-electron chi connectivity index (χ3n) is 8.13. The van der Waals surface area contributed by atoms with Gasteiger partial charge < -0.3 is 30.7 Å². The molecule has 0 radical (unpaired) electrons. The van der Waals surface area contributed by atoms with Crippen molar-refractivity contribution in [3.8, 4) is 11.1 Å². The highest BCUT2D eigenvalue weighted by Gasteiger charge is 2.54. The maximum absolute atomic E-state index is 14.9. The van der Waals surface area contributed by atoms with Crippen LogP contribution in [-0.4, -0.2) is 72.8 Å². The number of nitrogens with zero attached hydrogens (tertiary/aromatic N) is 1. The summed E-state index contributed by atoms with van der Waals surface area (Å²) >= 11 is 0.661. The summed E-state index contributed by atoms with van der Waals surface area (Å²) in [5.41, 5.74) is 5.45. The molecule has 10 nitrogen and oxygen atoms in total. The van der Waals surface area contributed by atoms with Crippen molar-refractivity contribution in [3.63, 3.8) is 0 Å². The zero-order chi connectivity index (χ0) is 33.0. The van der Waals surface area contributed by atoms with Crippen molar-refractivity contribution in [1.82, 2.24) is 15.5 Å². The zero-order valence-corrected chi connectivity index (χ0v) is 24.6. The van der Waals surface area contributed by atoms with Crippen LogP contribution >= 0.6 is 11.3 Å². The molecule has 2 saturated heterocycles. The predicted molar refractivity (Wildman–Crippen MR) is 154 cm³/mol. The molecular formula is C30H26F5N5O5S. The van der Waals surface area contributed by atoms with E-state index in [0.717, 1.165) is 17.0 Å². The van der Waals surface area contributed by atoms with Crippen LogP contribution < -0.4 is 16.4 Å². The number of ether oxygens (including phenoxy) is 2. The van der Waals surface area contributed by atoms with Gasteiger partial charge in [-0.05, 0) is 29.3 Å². The highest BCUT2D eigenvalue weighted by atomic mass is 32.1. The molecule has 2 atom stereocenters. The Kier molecular flexibility index (Phi) is 7.85. The smallest absolute Gasteiger partial charge is 0.384 e. The Hall–Kier alpha value is -4.41. The summed E-state index contributed by atoms with van der Waals surface area (Å²) in [4.78, 5) is 40.4. The van der Waals surface area contributed by atoms with Gasteiger partial charge in [-0.25, -0.2) is 0 Å². The summed E-state index contributed by atoms with van der Waals surface area (Å²) in [7, 11) is 0. The number of thiophene rings is 1. The number of nitrogens with one attached hydrogen (secondary N) is 3. The van der Waals surface area contributed by atoms with Gasteiger partial charge in [0.05, 0.1) is 26.3 Å². The van der Waals surface area contributed by atoms with Gasteiger partial charge in [0.15, 0.2) is 11.8 Å². The molecule has 46 heavy (non-hydrogen) atoms. The summed E-state index contributed by atoms with van der Waals surface area (Å²) in [6.45, 7) is -0.656. The third kappa shape index (κ3) is 5.60. The second kappa shape index (κ2) is 11.4. The lowest BCUT2D eigenvalue weighted by Crippen LogP contribution is -2.51. The average Bonchev–Trinajstić information content (AvgIpc) is 3.81. The molecule has 5 N–H and O–H groups in total. The minimum absolute atomic E-state index is 0.00240. The van der Waals surface area contributed by atoms with Crippen LogP contribution in [0.3, 0.4) is 0 Å². The fourth-order valence-electron chi connectivity index (χ4n) is 5.92. The van der Waals surface area contributed by atoms with Gasteiger partial charge in [-0.15, -0.1) is 11.3 Å². The van der Waals surface area contributed by atoms with Crippen LogP contribution in [0, 0.1) is 5.41 Å². The van der Waals surface area contributed by atoms with Crippen LogP contribution in [-0.2, 0) is 25.0 Å². The van der Waals surface area contributed by atoms with Crippen molar-refractivity contribution in [2.24, 2.45) is 5.73 Å². The molecule has 3 heterocycles. The molecule has 2 fully saturated rings. The molecule has 3 aliphatic rings. The normalized spacial score (nSPS) is 19.8. The predicted octanol–water partition coefficient (Wildman–Crippen LogP) is 3.65. The first-order valence-electron chi connectivity index (χ1n) is 14.0. The minimum Gasteiger partial charge on any atom is -0.384 e. The summed E-state index contributed by atoms with van der Waals surface area (Å²) in [6.07, 6.45) is -5.18. The number of likely N-dealkylation sites (tertiary alicyclic amines) is 1. The Bertz CT molecular complexity index is 1740. The average molecular weight is 664 g/mol. The van der Waals surface area contributed by atoms with E-state index in [1.54, 1.807) is 6.07 Å². The van der Waals surface area contributed by atoms with E-state index in [1.165, 1.54) is 35.7 Å². The summed E-state index contributed by atoms with van der Waals surface area (Å²) in [5.74, 6) is -7.80. The van der Waals surface area contributed by atoms with Gasteiger partial charge in [-0.2, -0.15) is 22.0 Å². The fourth-order valence-corrected chi connectivity index (χ4v) is 6.90. The van der Waals surface area contributed by atoms with Crippen molar-refractivity contribution in [2.45, 2.75) is 36.4 Å². The lowest BCUT2D eigenvalue weighted by atomic mass is 10.0. The number of carbonyl (C=O) groups is 3. The van der Waals surface area contributed by atoms with Crippen LogP contribution in [0.4, 0.5) is 22.0 Å². The number of alkyl halides is 5. The van der Waals surface area contributed by atoms with Crippen LogP contribution in [0.5, 0.6) is 0 Å². The number of halogens is 5. The second-order valence-corrected chi connectivity index (χ2v) is 12.0. The molecule has 16 heteroatoms. The Balaban J connectivity index is 1.18. The van der Waals surface area contributed by atoms with E-state index in [1.807, 2.05) is 5.32 Å². The highest BCUT2D eigenvalue weighted by Crippen LogP contribution is 2.51. The molecule has 3 amide bonds. The van der Waals surface area contributed by atoms with Gasteiger partial charge in [0.1, 0.15) is 11.9 Å². The van der Waals surface area contributed by atoms with Crippen LogP contribution in [0.25, 0.3) is 11.1 Å². The third-order valence-corrected chi connectivity index (χ3v) is 9.13. The number of nitrogens with two attached hydrogens (primary N) is 1.